The number of nitrogens with zero attached hydrogens (tertiary/aromatic N) is 2. The minimum Gasteiger partial charge on any atom is -0.423 e. The van der Waals surface area contributed by atoms with E-state index in [1.807, 2.05) is 31.3 Å². The molecule has 2 fully saturated rings. The van der Waals surface area contributed by atoms with Gasteiger partial charge < -0.3 is 14.7 Å². The van der Waals surface area contributed by atoms with E-state index in [1.165, 1.54) is 0 Å². The predicted octanol–water partition coefficient (Wildman–Crippen LogP) is 1.27. The summed E-state index contributed by atoms with van der Waals surface area (Å²) in [6.45, 7) is 2.91. The molecule has 9 heteroatoms. The zero-order valence-corrected chi connectivity index (χ0v) is 16.7. The number of sulfonamides is 1. The van der Waals surface area contributed by atoms with Gasteiger partial charge in [0.15, 0.2) is 0 Å². The third-order valence-electron chi connectivity index (χ3n) is 6.68. The van der Waals surface area contributed by atoms with Crippen LogP contribution in [0.2, 0.25) is 0 Å². The van der Waals surface area contributed by atoms with Crippen molar-refractivity contribution in [2.75, 3.05) is 13.1 Å². The van der Waals surface area contributed by atoms with Crippen molar-refractivity contribution in [3.8, 4) is 0 Å². The standard InChI is InChI=1S/C20H20BN3O4S/c1-13-2-4-14(5-3-13)29(26,27)24-11-19(12-24)9-20(10-19)17-15-6-7-22-18(15)23-8-16(17)21(25)28-20/h2-8,25H,9-12H2,1H3,(H,22,23). The highest BCUT2D eigenvalue weighted by atomic mass is 32.2. The summed E-state index contributed by atoms with van der Waals surface area (Å²) in [7, 11) is -4.45. The zero-order valence-electron chi connectivity index (χ0n) is 15.9. The molecule has 29 heavy (non-hydrogen) atoms. The van der Waals surface area contributed by atoms with E-state index >= 15 is 0 Å². The van der Waals surface area contributed by atoms with Crippen molar-refractivity contribution in [3.05, 3.63) is 53.9 Å². The lowest BCUT2D eigenvalue weighted by Gasteiger charge is -2.62. The SMILES string of the molecule is Cc1ccc(S(=O)(=O)N2CC3(C2)CC2(C3)OB(O)c3cnc4[nH]ccc4c32)cc1. The summed E-state index contributed by atoms with van der Waals surface area (Å²) in [5, 5.41) is 11.4. The Morgan fingerprint density at radius 3 is 2.66 bits per heavy atom. The monoisotopic (exact) mass is 409 g/mol. The molecule has 1 aliphatic carbocycles. The number of hydrogen-bond donors (Lipinski definition) is 2. The summed E-state index contributed by atoms with van der Waals surface area (Å²) in [6.07, 6.45) is 4.92. The van der Waals surface area contributed by atoms with E-state index < -0.39 is 22.7 Å². The second-order valence-corrected chi connectivity index (χ2v) is 10.7. The first-order valence-corrected chi connectivity index (χ1v) is 11.2. The Morgan fingerprint density at radius 1 is 1.21 bits per heavy atom. The summed E-state index contributed by atoms with van der Waals surface area (Å²) in [6, 6.07) is 8.94. The number of aromatic amines is 1. The molecule has 148 valence electrons. The Morgan fingerprint density at radius 2 is 1.93 bits per heavy atom. The van der Waals surface area contributed by atoms with Gasteiger partial charge in [0, 0.05) is 41.7 Å². The van der Waals surface area contributed by atoms with Crippen LogP contribution in [0, 0.1) is 12.3 Å². The van der Waals surface area contributed by atoms with Crippen LogP contribution in [0.4, 0.5) is 0 Å². The molecule has 1 saturated carbocycles. The molecule has 2 aliphatic heterocycles. The van der Waals surface area contributed by atoms with Crippen LogP contribution in [0.5, 0.6) is 0 Å². The molecule has 2 spiro atoms. The maximum atomic E-state index is 12.9. The fourth-order valence-corrected chi connectivity index (χ4v) is 7.10. The number of H-pyrrole nitrogens is 1. The molecule has 0 radical (unpaired) electrons. The second kappa shape index (κ2) is 5.48. The summed E-state index contributed by atoms with van der Waals surface area (Å²) in [5.74, 6) is 0. The van der Waals surface area contributed by atoms with E-state index in [-0.39, 0.29) is 5.41 Å². The van der Waals surface area contributed by atoms with Crippen LogP contribution in [-0.2, 0) is 20.3 Å². The van der Waals surface area contributed by atoms with Crippen LogP contribution >= 0.6 is 0 Å². The molecule has 4 heterocycles. The van der Waals surface area contributed by atoms with E-state index in [1.54, 1.807) is 22.6 Å². The molecule has 0 unspecified atom stereocenters. The third-order valence-corrected chi connectivity index (χ3v) is 8.48. The van der Waals surface area contributed by atoms with E-state index in [4.69, 9.17) is 4.65 Å². The summed E-state index contributed by atoms with van der Waals surface area (Å²) in [4.78, 5) is 7.81. The molecule has 2 N–H and O–H groups in total. The van der Waals surface area contributed by atoms with Crippen molar-refractivity contribution in [2.24, 2.45) is 5.41 Å². The highest BCUT2D eigenvalue weighted by molar-refractivity contribution is 7.89. The van der Waals surface area contributed by atoms with E-state index in [2.05, 4.69) is 9.97 Å². The molecule has 1 saturated heterocycles. The van der Waals surface area contributed by atoms with Gasteiger partial charge in [-0.05, 0) is 43.5 Å². The maximum Gasteiger partial charge on any atom is 0.493 e. The highest BCUT2D eigenvalue weighted by Gasteiger charge is 2.66. The molecule has 6 rings (SSSR count). The van der Waals surface area contributed by atoms with Gasteiger partial charge in [-0.15, -0.1) is 0 Å². The van der Waals surface area contributed by atoms with Gasteiger partial charge >= 0.3 is 7.12 Å². The summed E-state index contributed by atoms with van der Waals surface area (Å²) >= 11 is 0. The van der Waals surface area contributed by atoms with Crippen molar-refractivity contribution in [2.45, 2.75) is 30.3 Å². The number of pyridine rings is 1. The average molecular weight is 409 g/mol. The lowest BCUT2D eigenvalue weighted by Crippen LogP contribution is -2.68. The van der Waals surface area contributed by atoms with Gasteiger partial charge in [0.1, 0.15) is 5.65 Å². The normalized spacial score (nSPS) is 22.1. The average Bonchev–Trinajstić information content (AvgIpc) is 3.20. The van der Waals surface area contributed by atoms with Gasteiger partial charge in [-0.2, -0.15) is 4.31 Å². The molecule has 2 aromatic heterocycles. The first-order chi connectivity index (χ1) is 13.8. The van der Waals surface area contributed by atoms with Crippen LogP contribution in [0.3, 0.4) is 0 Å². The van der Waals surface area contributed by atoms with Crippen molar-refractivity contribution < 1.29 is 18.1 Å². The maximum absolute atomic E-state index is 12.9. The first-order valence-electron chi connectivity index (χ1n) is 9.71. The zero-order chi connectivity index (χ0) is 20.0. The molecule has 0 bridgehead atoms. The fraction of sp³-hybridized carbons (Fsp3) is 0.350. The molecular formula is C20H20BN3O4S. The third kappa shape index (κ3) is 2.30. The smallest absolute Gasteiger partial charge is 0.423 e. The Labute approximate surface area is 168 Å². The van der Waals surface area contributed by atoms with Gasteiger partial charge in [0.05, 0.1) is 10.5 Å². The Balaban J connectivity index is 1.26. The number of aromatic nitrogens is 2. The lowest BCUT2D eigenvalue weighted by molar-refractivity contribution is -0.162. The van der Waals surface area contributed by atoms with Gasteiger partial charge in [-0.3, -0.25) is 0 Å². The van der Waals surface area contributed by atoms with Crippen LogP contribution in [-0.4, -0.2) is 47.9 Å². The summed E-state index contributed by atoms with van der Waals surface area (Å²) < 4.78 is 33.4. The Bertz CT molecular complexity index is 1240. The minimum absolute atomic E-state index is 0.0923. The molecule has 3 aliphatic rings. The number of rotatable bonds is 2. The quantitative estimate of drug-likeness (QED) is 0.622. The largest absolute Gasteiger partial charge is 0.493 e. The minimum atomic E-state index is -3.47. The molecule has 3 aromatic rings. The topological polar surface area (TPSA) is 95.5 Å². The van der Waals surface area contributed by atoms with Gasteiger partial charge in [-0.25, -0.2) is 13.4 Å². The van der Waals surface area contributed by atoms with Gasteiger partial charge in [-0.1, -0.05) is 17.7 Å². The number of nitrogens with one attached hydrogen (secondary N) is 1. The number of fused-ring (bicyclic) bond motifs is 4. The molecule has 0 amide bonds. The predicted molar refractivity (Wildman–Crippen MR) is 108 cm³/mol. The van der Waals surface area contributed by atoms with Crippen molar-refractivity contribution in [3.63, 3.8) is 0 Å². The lowest BCUT2D eigenvalue weighted by atomic mass is 9.54. The fourth-order valence-electron chi connectivity index (χ4n) is 5.43. The van der Waals surface area contributed by atoms with Crippen LogP contribution in [0.25, 0.3) is 11.0 Å². The Kier molecular flexibility index (Phi) is 3.34. The molecule has 7 nitrogen and oxygen atoms in total. The van der Waals surface area contributed by atoms with Crippen LogP contribution in [0.1, 0.15) is 24.0 Å². The van der Waals surface area contributed by atoms with Crippen molar-refractivity contribution in [1.82, 2.24) is 14.3 Å². The van der Waals surface area contributed by atoms with Gasteiger partial charge in [0.25, 0.3) is 0 Å². The van der Waals surface area contributed by atoms with Crippen molar-refractivity contribution in [1.29, 1.82) is 0 Å². The van der Waals surface area contributed by atoms with Crippen LogP contribution in [0.15, 0.2) is 47.6 Å². The molecule has 1 aromatic carbocycles. The highest BCUT2D eigenvalue weighted by Crippen LogP contribution is 2.63. The van der Waals surface area contributed by atoms with Crippen LogP contribution < -0.4 is 5.46 Å². The van der Waals surface area contributed by atoms with E-state index in [9.17, 15) is 13.4 Å². The number of hydrogen-bond acceptors (Lipinski definition) is 5. The Hall–Kier alpha value is -2.20. The first kappa shape index (κ1) is 17.6. The second-order valence-electron chi connectivity index (χ2n) is 8.73. The van der Waals surface area contributed by atoms with Gasteiger partial charge in [0.2, 0.25) is 10.0 Å². The van der Waals surface area contributed by atoms with E-state index in [0.717, 1.165) is 27.6 Å². The van der Waals surface area contributed by atoms with Crippen molar-refractivity contribution >= 4 is 33.6 Å². The molecular weight excluding hydrogens is 389 g/mol. The number of benzene rings is 1. The van der Waals surface area contributed by atoms with E-state index in [0.29, 0.717) is 30.8 Å². The molecule has 0 atom stereocenters. The number of aryl methyl sites for hydroxylation is 1. The summed E-state index contributed by atoms with van der Waals surface area (Å²) in [5.41, 5.74) is 2.88.